The molecule has 0 saturated carbocycles. The van der Waals surface area contributed by atoms with Gasteiger partial charge in [0.05, 0.1) is 23.3 Å². The Morgan fingerprint density at radius 1 is 0.950 bits per heavy atom. The summed E-state index contributed by atoms with van der Waals surface area (Å²) >= 11 is 0. The molecule has 100 valence electrons. The van der Waals surface area contributed by atoms with Crippen molar-refractivity contribution in [1.29, 1.82) is 0 Å². The van der Waals surface area contributed by atoms with E-state index in [0.29, 0.717) is 5.69 Å². The van der Waals surface area contributed by atoms with Gasteiger partial charge >= 0.3 is 0 Å². The van der Waals surface area contributed by atoms with Crippen LogP contribution >= 0.6 is 0 Å². The Morgan fingerprint density at radius 3 is 2.45 bits per heavy atom. The number of nitrogens with two attached hydrogens (primary N) is 1. The summed E-state index contributed by atoms with van der Waals surface area (Å²) in [5.41, 5.74) is 6.50. The first-order valence-electron chi connectivity index (χ1n) is 6.01. The summed E-state index contributed by atoms with van der Waals surface area (Å²) in [6.07, 6.45) is 1.54. The SMILES string of the molecule is Nc1cc(F)c(-c2ccnn2-c2ccccc2)cc1F. The molecule has 0 unspecified atom stereocenters. The first kappa shape index (κ1) is 12.3. The predicted octanol–water partition coefficient (Wildman–Crippen LogP) is 3.40. The summed E-state index contributed by atoms with van der Waals surface area (Å²) in [5.74, 6) is -1.23. The molecule has 0 saturated heterocycles. The fourth-order valence-corrected chi connectivity index (χ4v) is 2.04. The normalized spacial score (nSPS) is 10.7. The van der Waals surface area contributed by atoms with Crippen molar-refractivity contribution < 1.29 is 8.78 Å². The van der Waals surface area contributed by atoms with Crippen LogP contribution in [0.3, 0.4) is 0 Å². The second kappa shape index (κ2) is 4.77. The number of halogens is 2. The Kier molecular flexibility index (Phi) is 2.95. The maximum atomic E-state index is 14.0. The molecular formula is C15H11F2N3. The van der Waals surface area contributed by atoms with Gasteiger partial charge in [-0.25, -0.2) is 13.5 Å². The predicted molar refractivity (Wildman–Crippen MR) is 73.3 cm³/mol. The van der Waals surface area contributed by atoms with Crippen LogP contribution in [0.2, 0.25) is 0 Å². The molecule has 0 aliphatic carbocycles. The number of rotatable bonds is 2. The number of nitrogen functional groups attached to an aromatic ring is 1. The van der Waals surface area contributed by atoms with E-state index >= 15 is 0 Å². The van der Waals surface area contributed by atoms with Crippen LogP contribution in [-0.2, 0) is 0 Å². The zero-order valence-corrected chi connectivity index (χ0v) is 10.4. The largest absolute Gasteiger partial charge is 0.396 e. The highest BCUT2D eigenvalue weighted by molar-refractivity contribution is 5.65. The van der Waals surface area contributed by atoms with Gasteiger partial charge in [-0.2, -0.15) is 5.10 Å². The van der Waals surface area contributed by atoms with E-state index in [2.05, 4.69) is 5.10 Å². The van der Waals surface area contributed by atoms with E-state index in [9.17, 15) is 8.78 Å². The Morgan fingerprint density at radius 2 is 1.70 bits per heavy atom. The molecule has 2 N–H and O–H groups in total. The second-order valence-corrected chi connectivity index (χ2v) is 4.32. The van der Waals surface area contributed by atoms with E-state index < -0.39 is 11.6 Å². The lowest BCUT2D eigenvalue weighted by Crippen LogP contribution is -2.01. The third kappa shape index (κ3) is 2.03. The molecule has 0 atom stereocenters. The van der Waals surface area contributed by atoms with Gasteiger partial charge in [-0.1, -0.05) is 18.2 Å². The third-order valence-corrected chi connectivity index (χ3v) is 3.01. The molecule has 0 amide bonds. The number of aromatic nitrogens is 2. The molecule has 0 radical (unpaired) electrons. The molecule has 20 heavy (non-hydrogen) atoms. The van der Waals surface area contributed by atoms with E-state index in [1.807, 2.05) is 30.3 Å². The minimum atomic E-state index is -0.651. The molecule has 1 aromatic heterocycles. The van der Waals surface area contributed by atoms with Gasteiger partial charge in [-0.05, 0) is 24.3 Å². The van der Waals surface area contributed by atoms with Crippen molar-refractivity contribution in [3.63, 3.8) is 0 Å². The Hall–Kier alpha value is -2.69. The average molecular weight is 271 g/mol. The maximum Gasteiger partial charge on any atom is 0.146 e. The van der Waals surface area contributed by atoms with Crippen LogP contribution in [-0.4, -0.2) is 9.78 Å². The minimum Gasteiger partial charge on any atom is -0.396 e. The molecule has 0 fully saturated rings. The number of nitrogens with zero attached hydrogens (tertiary/aromatic N) is 2. The van der Waals surface area contributed by atoms with Gasteiger partial charge < -0.3 is 5.73 Å². The van der Waals surface area contributed by atoms with Gasteiger partial charge in [0.1, 0.15) is 11.6 Å². The zero-order chi connectivity index (χ0) is 14.1. The third-order valence-electron chi connectivity index (χ3n) is 3.01. The molecule has 0 spiro atoms. The topological polar surface area (TPSA) is 43.8 Å². The molecule has 3 nitrogen and oxygen atoms in total. The number of anilines is 1. The minimum absolute atomic E-state index is 0.123. The van der Waals surface area contributed by atoms with Gasteiger partial charge in [0.15, 0.2) is 0 Å². The van der Waals surface area contributed by atoms with Crippen molar-refractivity contribution in [2.45, 2.75) is 0 Å². The molecule has 3 rings (SSSR count). The number of hydrogen-bond acceptors (Lipinski definition) is 2. The van der Waals surface area contributed by atoms with Crippen molar-refractivity contribution >= 4 is 5.69 Å². The average Bonchev–Trinajstić information content (AvgIpc) is 2.93. The van der Waals surface area contributed by atoms with Crippen LogP contribution in [0.4, 0.5) is 14.5 Å². The standard InChI is InChI=1S/C15H11F2N3/c16-12-9-14(18)13(17)8-11(12)15-6-7-19-20(15)10-4-2-1-3-5-10/h1-9H,18H2. The van der Waals surface area contributed by atoms with Gasteiger partial charge in [0, 0.05) is 11.6 Å². The van der Waals surface area contributed by atoms with Crippen molar-refractivity contribution in [3.05, 3.63) is 66.4 Å². The van der Waals surface area contributed by atoms with Crippen LogP contribution in [0.15, 0.2) is 54.7 Å². The fraction of sp³-hybridized carbons (Fsp3) is 0. The highest BCUT2D eigenvalue weighted by Gasteiger charge is 2.14. The van der Waals surface area contributed by atoms with Gasteiger partial charge in [-0.3, -0.25) is 0 Å². The number of para-hydroxylation sites is 1. The van der Waals surface area contributed by atoms with E-state index in [4.69, 9.17) is 5.73 Å². The summed E-state index contributed by atoms with van der Waals surface area (Å²) in [6, 6.07) is 12.9. The summed E-state index contributed by atoms with van der Waals surface area (Å²) < 4.78 is 29.1. The number of benzene rings is 2. The molecule has 0 bridgehead atoms. The monoisotopic (exact) mass is 271 g/mol. The molecular weight excluding hydrogens is 260 g/mol. The van der Waals surface area contributed by atoms with Gasteiger partial charge in [0.2, 0.25) is 0 Å². The lowest BCUT2D eigenvalue weighted by atomic mass is 10.1. The highest BCUT2D eigenvalue weighted by Crippen LogP contribution is 2.28. The Balaban J connectivity index is 2.18. The molecule has 3 aromatic rings. The highest BCUT2D eigenvalue weighted by atomic mass is 19.1. The fourth-order valence-electron chi connectivity index (χ4n) is 2.04. The quantitative estimate of drug-likeness (QED) is 0.726. The van der Waals surface area contributed by atoms with E-state index in [-0.39, 0.29) is 11.3 Å². The summed E-state index contributed by atoms with van der Waals surface area (Å²) in [6.45, 7) is 0. The molecule has 0 aliphatic heterocycles. The zero-order valence-electron chi connectivity index (χ0n) is 10.4. The lowest BCUT2D eigenvalue weighted by Gasteiger charge is -2.09. The number of hydrogen-bond donors (Lipinski definition) is 1. The van der Waals surface area contributed by atoms with Gasteiger partial charge in [0.25, 0.3) is 0 Å². The van der Waals surface area contributed by atoms with E-state index in [0.717, 1.165) is 17.8 Å². The molecule has 1 heterocycles. The maximum absolute atomic E-state index is 14.0. The van der Waals surface area contributed by atoms with Gasteiger partial charge in [-0.15, -0.1) is 0 Å². The van der Waals surface area contributed by atoms with Crippen LogP contribution in [0.1, 0.15) is 0 Å². The van der Waals surface area contributed by atoms with Crippen LogP contribution in [0.25, 0.3) is 16.9 Å². The first-order valence-corrected chi connectivity index (χ1v) is 6.01. The van der Waals surface area contributed by atoms with Crippen molar-refractivity contribution in [3.8, 4) is 16.9 Å². The Bertz CT molecular complexity index is 751. The van der Waals surface area contributed by atoms with Crippen LogP contribution in [0.5, 0.6) is 0 Å². The second-order valence-electron chi connectivity index (χ2n) is 4.32. The van der Waals surface area contributed by atoms with Crippen LogP contribution in [0, 0.1) is 11.6 Å². The van der Waals surface area contributed by atoms with E-state index in [1.54, 1.807) is 10.7 Å². The lowest BCUT2D eigenvalue weighted by molar-refractivity contribution is 0.606. The van der Waals surface area contributed by atoms with Crippen molar-refractivity contribution in [1.82, 2.24) is 9.78 Å². The molecule has 5 heteroatoms. The summed E-state index contributed by atoms with van der Waals surface area (Å²) in [4.78, 5) is 0. The first-order chi connectivity index (χ1) is 9.66. The Labute approximate surface area is 114 Å². The molecule has 0 aliphatic rings. The van der Waals surface area contributed by atoms with Crippen molar-refractivity contribution in [2.75, 3.05) is 5.73 Å². The van der Waals surface area contributed by atoms with Crippen LogP contribution < -0.4 is 5.73 Å². The smallest absolute Gasteiger partial charge is 0.146 e. The summed E-state index contributed by atoms with van der Waals surface area (Å²) in [5, 5.41) is 4.15. The molecule has 2 aromatic carbocycles. The van der Waals surface area contributed by atoms with Crippen molar-refractivity contribution in [2.24, 2.45) is 0 Å². The summed E-state index contributed by atoms with van der Waals surface area (Å²) in [7, 11) is 0. The van der Waals surface area contributed by atoms with E-state index in [1.165, 1.54) is 6.20 Å².